The van der Waals surface area contributed by atoms with E-state index in [1.54, 1.807) is 6.92 Å². The Hall–Kier alpha value is -2.43. The molecule has 39 heavy (non-hydrogen) atoms. The molecule has 1 aromatic carbocycles. The second-order valence-electron chi connectivity index (χ2n) is 7.35. The van der Waals surface area contributed by atoms with Gasteiger partial charge in [-0.1, -0.05) is 0 Å². The number of rotatable bonds is 23. The van der Waals surface area contributed by atoms with E-state index >= 15 is 0 Å². The van der Waals surface area contributed by atoms with E-state index in [9.17, 15) is 31.5 Å². The molecule has 0 unspecified atom stereocenters. The monoisotopic (exact) mass is 576 g/mol. The van der Waals surface area contributed by atoms with Crippen molar-refractivity contribution in [3.05, 3.63) is 29.1 Å². The molecule has 0 bridgehead atoms. The summed E-state index contributed by atoms with van der Waals surface area (Å²) in [4.78, 5) is 22.7. The summed E-state index contributed by atoms with van der Waals surface area (Å²) in [6, 6.07) is 0. The summed E-state index contributed by atoms with van der Waals surface area (Å²) in [5.41, 5.74) is 0. The predicted octanol–water partition coefficient (Wildman–Crippen LogP) is 2.73. The van der Waals surface area contributed by atoms with Crippen LogP contribution in [-0.4, -0.2) is 97.8 Å². The molecule has 0 radical (unpaired) electrons. The molecule has 15 heteroatoms. The third-order valence-corrected chi connectivity index (χ3v) is 4.45. The van der Waals surface area contributed by atoms with Crippen molar-refractivity contribution < 1.29 is 69.4 Å². The molecule has 0 aliphatic carbocycles. The number of hydrogen-bond acceptors (Lipinski definition) is 10. The Morgan fingerprint density at radius 3 is 1.15 bits per heavy atom. The molecule has 10 nitrogen and oxygen atoms in total. The molecule has 0 amide bonds. The largest absolute Gasteiger partial charge is 0.466 e. The van der Waals surface area contributed by atoms with Crippen LogP contribution in [0.1, 0.15) is 19.8 Å². The van der Waals surface area contributed by atoms with Gasteiger partial charge in [-0.05, 0) is 6.92 Å². The van der Waals surface area contributed by atoms with Gasteiger partial charge in [0, 0.05) is 0 Å². The Bertz CT molecular complexity index is 830. The molecule has 0 fully saturated rings. The summed E-state index contributed by atoms with van der Waals surface area (Å²) >= 11 is 0. The molecule has 0 aliphatic rings. The van der Waals surface area contributed by atoms with E-state index in [0.717, 1.165) is 0 Å². The van der Waals surface area contributed by atoms with Crippen molar-refractivity contribution in [2.45, 2.75) is 19.8 Å². The first-order valence-electron chi connectivity index (χ1n) is 12.1. The summed E-state index contributed by atoms with van der Waals surface area (Å²) in [6.07, 6.45) is -0.280. The normalized spacial score (nSPS) is 11.1. The summed E-state index contributed by atoms with van der Waals surface area (Å²) in [5, 5.41) is 0. The van der Waals surface area contributed by atoms with E-state index in [4.69, 9.17) is 33.2 Å². The van der Waals surface area contributed by atoms with E-state index in [0.29, 0.717) is 52.9 Å². The van der Waals surface area contributed by atoms with Gasteiger partial charge in [-0.15, -0.1) is 0 Å². The van der Waals surface area contributed by atoms with E-state index in [1.807, 2.05) is 0 Å². The van der Waals surface area contributed by atoms with Gasteiger partial charge in [0.1, 0.15) is 0 Å². The van der Waals surface area contributed by atoms with Crippen molar-refractivity contribution in [1.82, 2.24) is 0 Å². The number of carbonyl (C=O) groups is 2. The number of carbonyl (C=O) groups excluding carboxylic acids is 2. The molecule has 224 valence electrons. The highest BCUT2D eigenvalue weighted by atomic mass is 19.2. The second-order valence-corrected chi connectivity index (χ2v) is 7.35. The van der Waals surface area contributed by atoms with Crippen LogP contribution in [0.5, 0.6) is 5.75 Å². The van der Waals surface area contributed by atoms with Crippen LogP contribution in [0.25, 0.3) is 0 Å². The summed E-state index contributed by atoms with van der Waals surface area (Å²) in [7, 11) is 0. The highest BCUT2D eigenvalue weighted by Gasteiger charge is 2.28. The minimum absolute atomic E-state index is 0.0787. The lowest BCUT2D eigenvalue weighted by atomic mass is 10.2. The maximum atomic E-state index is 13.5. The zero-order valence-corrected chi connectivity index (χ0v) is 21.6. The molecular weight excluding hydrogens is 543 g/mol. The summed E-state index contributed by atoms with van der Waals surface area (Å²) in [6.45, 7) is 5.19. The lowest BCUT2D eigenvalue weighted by Crippen LogP contribution is -2.16. The van der Waals surface area contributed by atoms with Crippen molar-refractivity contribution in [2.24, 2.45) is 0 Å². The van der Waals surface area contributed by atoms with Crippen LogP contribution in [-0.2, 0) is 42.7 Å². The molecule has 0 N–H and O–H groups in total. The minimum Gasteiger partial charge on any atom is -0.466 e. The van der Waals surface area contributed by atoms with Gasteiger partial charge in [-0.3, -0.25) is 9.59 Å². The van der Waals surface area contributed by atoms with Gasteiger partial charge in [0.25, 0.3) is 0 Å². The average Bonchev–Trinajstić information content (AvgIpc) is 2.92. The van der Waals surface area contributed by atoms with Gasteiger partial charge < -0.3 is 37.9 Å². The molecule has 0 heterocycles. The smallest absolute Gasteiger partial charge is 0.313 e. The Kier molecular flexibility index (Phi) is 19.0. The van der Waals surface area contributed by atoms with Gasteiger partial charge in [0.15, 0.2) is 0 Å². The highest BCUT2D eigenvalue weighted by Crippen LogP contribution is 2.29. The number of benzene rings is 1. The maximum Gasteiger partial charge on any atom is 0.313 e. The minimum atomic E-state index is -2.35. The summed E-state index contributed by atoms with van der Waals surface area (Å²) < 4.78 is 107. The predicted molar refractivity (Wildman–Crippen MR) is 123 cm³/mol. The van der Waals surface area contributed by atoms with E-state index < -0.39 is 47.2 Å². The number of ether oxygens (including phenoxy) is 8. The molecule has 0 spiro atoms. The molecule has 1 aromatic rings. The molecule has 0 aliphatic heterocycles. The molecule has 1 rings (SSSR count). The van der Waals surface area contributed by atoms with Crippen LogP contribution in [0, 0.1) is 29.1 Å². The van der Waals surface area contributed by atoms with Crippen LogP contribution in [0.3, 0.4) is 0 Å². The zero-order valence-electron chi connectivity index (χ0n) is 21.6. The fourth-order valence-corrected chi connectivity index (χ4v) is 2.59. The Morgan fingerprint density at radius 1 is 0.487 bits per heavy atom. The number of halogens is 5. The van der Waals surface area contributed by atoms with Crippen LogP contribution in [0.15, 0.2) is 0 Å². The van der Waals surface area contributed by atoms with Crippen molar-refractivity contribution in [2.75, 3.05) is 85.9 Å². The van der Waals surface area contributed by atoms with Crippen LogP contribution < -0.4 is 4.74 Å². The fourth-order valence-electron chi connectivity index (χ4n) is 2.59. The first kappa shape index (κ1) is 34.6. The van der Waals surface area contributed by atoms with Crippen molar-refractivity contribution in [1.29, 1.82) is 0 Å². The molecule has 0 saturated heterocycles. The van der Waals surface area contributed by atoms with Crippen LogP contribution in [0.2, 0.25) is 0 Å². The first-order valence-corrected chi connectivity index (χ1v) is 12.1. The van der Waals surface area contributed by atoms with Gasteiger partial charge in [0.2, 0.25) is 34.8 Å². The SMILES string of the molecule is CCOC(=O)CCOCCOCCOCCOCCOCCOCCC(=O)Oc1c(F)c(F)c(F)c(F)c1F. The van der Waals surface area contributed by atoms with Crippen LogP contribution >= 0.6 is 0 Å². The highest BCUT2D eigenvalue weighted by molar-refractivity contribution is 5.72. The first-order chi connectivity index (χ1) is 18.8. The fraction of sp³-hybridized carbons (Fsp3) is 0.667. The van der Waals surface area contributed by atoms with E-state index in [-0.39, 0.29) is 45.4 Å². The van der Waals surface area contributed by atoms with Crippen molar-refractivity contribution in [3.8, 4) is 5.75 Å². The topological polar surface area (TPSA) is 108 Å². The summed E-state index contributed by atoms with van der Waals surface area (Å²) in [5.74, 6) is -14.4. The van der Waals surface area contributed by atoms with E-state index in [2.05, 4.69) is 4.74 Å². The maximum absolute atomic E-state index is 13.5. The quantitative estimate of drug-likeness (QED) is 0.0482. The van der Waals surface area contributed by atoms with Gasteiger partial charge in [0.05, 0.1) is 98.7 Å². The van der Waals surface area contributed by atoms with Crippen molar-refractivity contribution >= 4 is 11.9 Å². The molecule has 0 aromatic heterocycles. The lowest BCUT2D eigenvalue weighted by Gasteiger charge is -2.09. The lowest BCUT2D eigenvalue weighted by molar-refractivity contribution is -0.144. The van der Waals surface area contributed by atoms with Gasteiger partial charge in [-0.2, -0.15) is 8.78 Å². The third kappa shape index (κ3) is 15.1. The number of esters is 2. The Labute approximate surface area is 222 Å². The second kappa shape index (κ2) is 21.4. The van der Waals surface area contributed by atoms with Crippen LogP contribution in [0.4, 0.5) is 22.0 Å². The average molecular weight is 577 g/mol. The van der Waals surface area contributed by atoms with Gasteiger partial charge in [-0.25, -0.2) is 13.2 Å². The van der Waals surface area contributed by atoms with Crippen molar-refractivity contribution in [3.63, 3.8) is 0 Å². The zero-order chi connectivity index (χ0) is 28.9. The van der Waals surface area contributed by atoms with Gasteiger partial charge >= 0.3 is 11.9 Å². The molecule has 0 saturated carbocycles. The Morgan fingerprint density at radius 2 is 0.795 bits per heavy atom. The van der Waals surface area contributed by atoms with E-state index in [1.165, 1.54) is 0 Å². The molecule has 0 atom stereocenters. The third-order valence-electron chi connectivity index (χ3n) is 4.45. The number of hydrogen-bond donors (Lipinski definition) is 0. The Balaban J connectivity index is 1.88. The molecular formula is C24H33F5O10. The standard InChI is InChI=1S/C24H33F5O10/c1-2-38-17(30)3-5-32-7-9-34-11-13-36-15-16-37-14-12-35-10-8-33-6-4-18(31)39-24-22(28)20(26)19(25)21(27)23(24)29/h2-16H2,1H3.